The maximum Gasteiger partial charge on any atom is 0.170 e. The van der Waals surface area contributed by atoms with E-state index in [0.717, 1.165) is 15.7 Å². The molecule has 0 unspecified atom stereocenters. The van der Waals surface area contributed by atoms with Gasteiger partial charge in [-0.15, -0.1) is 0 Å². The van der Waals surface area contributed by atoms with Crippen LogP contribution in [0.1, 0.15) is 16.7 Å². The van der Waals surface area contributed by atoms with Gasteiger partial charge < -0.3 is 16.3 Å². The molecular weight excluding hydrogens is 337 g/mol. The van der Waals surface area contributed by atoms with Crippen molar-refractivity contribution in [1.29, 1.82) is 0 Å². The summed E-state index contributed by atoms with van der Waals surface area (Å²) >= 11 is 3.41. The number of hydrogen-bond acceptors (Lipinski definition) is 3. The van der Waals surface area contributed by atoms with Crippen molar-refractivity contribution >= 4 is 27.5 Å². The first-order valence-corrected chi connectivity index (χ1v) is 7.07. The molecule has 2 rings (SSSR count). The van der Waals surface area contributed by atoms with Gasteiger partial charge in [0.2, 0.25) is 0 Å². The lowest BCUT2D eigenvalue weighted by Gasteiger charge is -2.11. The second-order valence-corrected chi connectivity index (χ2v) is 5.52. The molecule has 0 aliphatic carbocycles. The zero-order valence-corrected chi connectivity index (χ0v) is 13.0. The minimum absolute atomic E-state index is 0.115. The number of nitrogens with two attached hydrogens (primary N) is 1. The molecule has 0 aliphatic rings. The summed E-state index contributed by atoms with van der Waals surface area (Å²) in [6.45, 7) is 2.33. The lowest BCUT2D eigenvalue weighted by Crippen LogP contribution is -2.14. The van der Waals surface area contributed by atoms with Gasteiger partial charge in [0, 0.05) is 27.8 Å². The van der Waals surface area contributed by atoms with Gasteiger partial charge >= 0.3 is 0 Å². The third-order valence-corrected chi connectivity index (χ3v) is 3.62. The maximum absolute atomic E-state index is 14.0. The molecule has 0 aliphatic heterocycles. The van der Waals surface area contributed by atoms with E-state index in [4.69, 9.17) is 10.9 Å². The van der Waals surface area contributed by atoms with Gasteiger partial charge in [-0.25, -0.2) is 4.39 Å². The smallest absolute Gasteiger partial charge is 0.170 e. The molecule has 2 aromatic carbocycles. The van der Waals surface area contributed by atoms with Crippen LogP contribution < -0.4 is 11.1 Å². The molecule has 0 heterocycles. The second-order valence-electron chi connectivity index (χ2n) is 4.60. The molecule has 0 aromatic heterocycles. The van der Waals surface area contributed by atoms with Gasteiger partial charge in [0.25, 0.3) is 0 Å². The molecule has 110 valence electrons. The first kappa shape index (κ1) is 15.3. The number of hydrogen-bond donors (Lipinski definition) is 3. The molecule has 4 N–H and O–H groups in total. The highest BCUT2D eigenvalue weighted by Gasteiger charge is 2.07. The van der Waals surface area contributed by atoms with Gasteiger partial charge in [0.05, 0.1) is 0 Å². The van der Waals surface area contributed by atoms with Gasteiger partial charge in [0.1, 0.15) is 5.82 Å². The van der Waals surface area contributed by atoms with E-state index in [1.54, 1.807) is 12.1 Å². The molecule has 4 nitrogen and oxygen atoms in total. The summed E-state index contributed by atoms with van der Waals surface area (Å²) in [6.07, 6.45) is 0. The molecule has 0 fully saturated rings. The van der Waals surface area contributed by atoms with Gasteiger partial charge in [-0.1, -0.05) is 39.3 Å². The van der Waals surface area contributed by atoms with Gasteiger partial charge in [-0.3, -0.25) is 0 Å². The standard InChI is InChI=1S/C15H15BrFN3O/c1-9-2-5-12(16)7-14(9)19-8-11-4-3-10(6-13(11)17)15(18)20-21/h2-7,19,21H,8H2,1H3,(H2,18,20). The Morgan fingerprint density at radius 1 is 1.33 bits per heavy atom. The Hall–Kier alpha value is -2.08. The molecule has 0 radical (unpaired) electrons. The van der Waals surface area contributed by atoms with Crippen LogP contribution in [0.15, 0.2) is 46.0 Å². The normalized spacial score (nSPS) is 11.5. The minimum atomic E-state index is -0.403. The summed E-state index contributed by atoms with van der Waals surface area (Å²) in [5.41, 5.74) is 8.29. The summed E-state index contributed by atoms with van der Waals surface area (Å²) in [5.74, 6) is -0.518. The van der Waals surface area contributed by atoms with Crippen molar-refractivity contribution in [2.75, 3.05) is 5.32 Å². The molecule has 0 saturated heterocycles. The molecule has 0 saturated carbocycles. The number of aryl methyl sites for hydroxylation is 1. The van der Waals surface area contributed by atoms with Crippen LogP contribution in [-0.2, 0) is 6.54 Å². The molecule has 2 aromatic rings. The van der Waals surface area contributed by atoms with Crippen LogP contribution >= 0.6 is 15.9 Å². The third kappa shape index (κ3) is 3.72. The number of benzene rings is 2. The Morgan fingerprint density at radius 2 is 2.10 bits per heavy atom. The van der Waals surface area contributed by atoms with E-state index in [0.29, 0.717) is 17.7 Å². The molecule has 0 atom stereocenters. The highest BCUT2D eigenvalue weighted by atomic mass is 79.9. The van der Waals surface area contributed by atoms with E-state index in [2.05, 4.69) is 26.4 Å². The zero-order valence-electron chi connectivity index (χ0n) is 11.4. The molecular formula is C15H15BrFN3O. The van der Waals surface area contributed by atoms with Gasteiger partial charge in [-0.2, -0.15) is 0 Å². The van der Waals surface area contributed by atoms with Crippen molar-refractivity contribution in [1.82, 2.24) is 0 Å². The van der Waals surface area contributed by atoms with Crippen LogP contribution in [0.25, 0.3) is 0 Å². The van der Waals surface area contributed by atoms with Crippen molar-refractivity contribution in [3.63, 3.8) is 0 Å². The maximum atomic E-state index is 14.0. The Bertz CT molecular complexity index is 689. The number of nitrogens with zero attached hydrogens (tertiary/aromatic N) is 1. The van der Waals surface area contributed by atoms with Crippen molar-refractivity contribution < 1.29 is 9.60 Å². The fourth-order valence-corrected chi connectivity index (χ4v) is 2.24. The van der Waals surface area contributed by atoms with Gasteiger partial charge in [-0.05, 0) is 30.7 Å². The number of amidine groups is 1. The van der Waals surface area contributed by atoms with E-state index < -0.39 is 5.82 Å². The number of rotatable bonds is 4. The van der Waals surface area contributed by atoms with Crippen molar-refractivity contribution in [2.45, 2.75) is 13.5 Å². The van der Waals surface area contributed by atoms with Crippen LogP contribution in [-0.4, -0.2) is 11.0 Å². The van der Waals surface area contributed by atoms with Crippen LogP contribution in [0.2, 0.25) is 0 Å². The zero-order chi connectivity index (χ0) is 15.4. The fraction of sp³-hybridized carbons (Fsp3) is 0.133. The summed E-state index contributed by atoms with van der Waals surface area (Å²) in [6, 6.07) is 10.3. The highest BCUT2D eigenvalue weighted by molar-refractivity contribution is 9.10. The summed E-state index contributed by atoms with van der Waals surface area (Å²) in [5, 5.41) is 14.6. The quantitative estimate of drug-likeness (QED) is 0.341. The van der Waals surface area contributed by atoms with E-state index in [-0.39, 0.29) is 5.84 Å². The van der Waals surface area contributed by atoms with Crippen LogP contribution in [0.4, 0.5) is 10.1 Å². The van der Waals surface area contributed by atoms with Crippen molar-refractivity contribution in [3.8, 4) is 0 Å². The van der Waals surface area contributed by atoms with E-state index in [1.165, 1.54) is 6.07 Å². The van der Waals surface area contributed by atoms with Crippen LogP contribution in [0, 0.1) is 12.7 Å². The molecule has 6 heteroatoms. The summed E-state index contributed by atoms with van der Waals surface area (Å²) in [7, 11) is 0. The Balaban J connectivity index is 2.15. The van der Waals surface area contributed by atoms with Crippen LogP contribution in [0.3, 0.4) is 0 Å². The largest absolute Gasteiger partial charge is 0.409 e. The third-order valence-electron chi connectivity index (χ3n) is 3.13. The molecule has 21 heavy (non-hydrogen) atoms. The average molecular weight is 352 g/mol. The molecule has 0 bridgehead atoms. The Kier molecular flexibility index (Phi) is 4.80. The first-order valence-electron chi connectivity index (χ1n) is 6.27. The molecule has 0 amide bonds. The molecule has 0 spiro atoms. The Labute approximate surface area is 130 Å². The number of halogens is 2. The first-order chi connectivity index (χ1) is 10.0. The number of anilines is 1. The summed E-state index contributed by atoms with van der Waals surface area (Å²) in [4.78, 5) is 0. The SMILES string of the molecule is Cc1ccc(Br)cc1NCc1ccc(C(N)=NO)cc1F. The van der Waals surface area contributed by atoms with E-state index >= 15 is 0 Å². The Morgan fingerprint density at radius 3 is 2.76 bits per heavy atom. The van der Waals surface area contributed by atoms with Crippen LogP contribution in [0.5, 0.6) is 0 Å². The lowest BCUT2D eigenvalue weighted by atomic mass is 10.1. The average Bonchev–Trinajstić information content (AvgIpc) is 2.48. The monoisotopic (exact) mass is 351 g/mol. The minimum Gasteiger partial charge on any atom is -0.409 e. The lowest BCUT2D eigenvalue weighted by molar-refractivity contribution is 0.318. The summed E-state index contributed by atoms with van der Waals surface area (Å²) < 4.78 is 14.9. The predicted octanol–water partition coefficient (Wildman–Crippen LogP) is 3.60. The highest BCUT2D eigenvalue weighted by Crippen LogP contribution is 2.22. The number of oxime groups is 1. The van der Waals surface area contributed by atoms with E-state index in [9.17, 15) is 4.39 Å². The predicted molar refractivity (Wildman–Crippen MR) is 85.1 cm³/mol. The van der Waals surface area contributed by atoms with E-state index in [1.807, 2.05) is 25.1 Å². The topological polar surface area (TPSA) is 70.6 Å². The van der Waals surface area contributed by atoms with Gasteiger partial charge in [0.15, 0.2) is 5.84 Å². The van der Waals surface area contributed by atoms with Crippen molar-refractivity contribution in [3.05, 3.63) is 63.4 Å². The fourth-order valence-electron chi connectivity index (χ4n) is 1.88. The second kappa shape index (κ2) is 6.58. The van der Waals surface area contributed by atoms with Crippen molar-refractivity contribution in [2.24, 2.45) is 10.9 Å². The number of nitrogens with one attached hydrogen (secondary N) is 1.